The zero-order chi connectivity index (χ0) is 12.4. The van der Waals surface area contributed by atoms with Crippen molar-refractivity contribution in [1.82, 2.24) is 4.57 Å². The van der Waals surface area contributed by atoms with E-state index in [0.29, 0.717) is 0 Å². The molecule has 1 unspecified atom stereocenters. The summed E-state index contributed by atoms with van der Waals surface area (Å²) in [6, 6.07) is 14.8. The number of nitrogens with two attached hydrogens (primary N) is 1. The van der Waals surface area contributed by atoms with Crippen LogP contribution in [-0.2, 0) is 5.54 Å². The van der Waals surface area contributed by atoms with Crippen LogP contribution in [-0.4, -0.2) is 4.57 Å². The molecule has 2 heteroatoms. The molecular weight excluding hydrogens is 220 g/mol. The number of rotatable bonds is 3. The van der Waals surface area contributed by atoms with E-state index in [4.69, 9.17) is 5.73 Å². The van der Waals surface area contributed by atoms with E-state index in [0.717, 1.165) is 0 Å². The van der Waals surface area contributed by atoms with Crippen molar-refractivity contribution in [1.29, 1.82) is 0 Å². The van der Waals surface area contributed by atoms with E-state index in [1.807, 2.05) is 6.07 Å². The number of hydrogen-bond donors (Lipinski definition) is 1. The molecule has 1 fully saturated rings. The van der Waals surface area contributed by atoms with E-state index in [-0.39, 0.29) is 11.6 Å². The smallest absolute Gasteiger partial charge is 0.0631 e. The summed E-state index contributed by atoms with van der Waals surface area (Å²) in [5, 5.41) is 0. The fourth-order valence-electron chi connectivity index (χ4n) is 3.32. The molecular formula is C16H20N2. The topological polar surface area (TPSA) is 30.9 Å². The third-order valence-electron chi connectivity index (χ3n) is 4.33. The van der Waals surface area contributed by atoms with Gasteiger partial charge in [-0.25, -0.2) is 0 Å². The van der Waals surface area contributed by atoms with E-state index >= 15 is 0 Å². The van der Waals surface area contributed by atoms with Crippen LogP contribution in [0.2, 0.25) is 0 Å². The maximum absolute atomic E-state index is 6.61. The largest absolute Gasteiger partial charge is 0.346 e. The third kappa shape index (κ3) is 1.77. The molecule has 0 amide bonds. The summed E-state index contributed by atoms with van der Waals surface area (Å²) < 4.78 is 2.33. The second-order valence-electron chi connectivity index (χ2n) is 5.29. The normalized spacial score (nSPS) is 19.8. The lowest BCUT2D eigenvalue weighted by Gasteiger charge is -2.37. The summed E-state index contributed by atoms with van der Waals surface area (Å²) in [6.45, 7) is 0. The highest BCUT2D eigenvalue weighted by Gasteiger charge is 2.41. The van der Waals surface area contributed by atoms with Gasteiger partial charge < -0.3 is 10.3 Å². The summed E-state index contributed by atoms with van der Waals surface area (Å²) in [5.74, 6) is 0. The first-order valence-electron chi connectivity index (χ1n) is 6.77. The third-order valence-corrected chi connectivity index (χ3v) is 4.33. The monoisotopic (exact) mass is 240 g/mol. The van der Waals surface area contributed by atoms with Crippen molar-refractivity contribution in [2.75, 3.05) is 0 Å². The van der Waals surface area contributed by atoms with Crippen molar-refractivity contribution in [3.05, 3.63) is 60.4 Å². The van der Waals surface area contributed by atoms with Gasteiger partial charge in [-0.05, 0) is 30.5 Å². The molecule has 0 saturated heterocycles. The average molecular weight is 240 g/mol. The van der Waals surface area contributed by atoms with Gasteiger partial charge in [0.05, 0.1) is 11.6 Å². The van der Waals surface area contributed by atoms with Crippen LogP contribution in [0.1, 0.15) is 37.3 Å². The Balaban J connectivity index is 2.00. The van der Waals surface area contributed by atoms with Gasteiger partial charge in [-0.1, -0.05) is 43.2 Å². The predicted octanol–water partition coefficient (Wildman–Crippen LogP) is 3.46. The number of nitrogens with zero attached hydrogens (tertiary/aromatic N) is 1. The molecule has 1 aliphatic rings. The van der Waals surface area contributed by atoms with E-state index in [1.54, 1.807) is 0 Å². The molecule has 1 heterocycles. The Morgan fingerprint density at radius 2 is 1.56 bits per heavy atom. The Bertz CT molecular complexity index is 481. The Morgan fingerprint density at radius 3 is 2.17 bits per heavy atom. The van der Waals surface area contributed by atoms with Crippen LogP contribution in [0.25, 0.3) is 0 Å². The molecule has 2 nitrogen and oxygen atoms in total. The Hall–Kier alpha value is -1.54. The zero-order valence-corrected chi connectivity index (χ0v) is 10.6. The second-order valence-corrected chi connectivity index (χ2v) is 5.29. The van der Waals surface area contributed by atoms with Crippen molar-refractivity contribution >= 4 is 0 Å². The molecule has 2 N–H and O–H groups in total. The Morgan fingerprint density at radius 1 is 0.944 bits per heavy atom. The van der Waals surface area contributed by atoms with E-state index in [9.17, 15) is 0 Å². The maximum atomic E-state index is 6.61. The van der Waals surface area contributed by atoms with Gasteiger partial charge in [0.1, 0.15) is 0 Å². The molecule has 18 heavy (non-hydrogen) atoms. The number of benzene rings is 1. The molecule has 1 saturated carbocycles. The molecule has 1 atom stereocenters. The molecule has 3 rings (SSSR count). The minimum Gasteiger partial charge on any atom is -0.346 e. The van der Waals surface area contributed by atoms with E-state index < -0.39 is 0 Å². The quantitative estimate of drug-likeness (QED) is 0.875. The number of hydrogen-bond acceptors (Lipinski definition) is 1. The van der Waals surface area contributed by atoms with Crippen LogP contribution in [0.4, 0.5) is 0 Å². The first kappa shape index (κ1) is 11.5. The van der Waals surface area contributed by atoms with Gasteiger partial charge in [0.2, 0.25) is 0 Å². The molecule has 94 valence electrons. The Labute approximate surface area is 108 Å². The average Bonchev–Trinajstić information content (AvgIpc) is 3.10. The van der Waals surface area contributed by atoms with Gasteiger partial charge in [-0.3, -0.25) is 0 Å². The minimum atomic E-state index is 0.0743. The van der Waals surface area contributed by atoms with Gasteiger partial charge in [0.25, 0.3) is 0 Å². The lowest BCUT2D eigenvalue weighted by atomic mass is 9.84. The molecule has 0 radical (unpaired) electrons. The van der Waals surface area contributed by atoms with Gasteiger partial charge in [0, 0.05) is 12.4 Å². The molecule has 0 bridgehead atoms. The molecule has 2 aromatic rings. The van der Waals surface area contributed by atoms with Gasteiger partial charge in [-0.2, -0.15) is 0 Å². The summed E-state index contributed by atoms with van der Waals surface area (Å²) >= 11 is 0. The highest BCUT2D eigenvalue weighted by Crippen LogP contribution is 2.44. The molecule has 0 spiro atoms. The van der Waals surface area contributed by atoms with Crippen molar-refractivity contribution < 1.29 is 0 Å². The highest BCUT2D eigenvalue weighted by atomic mass is 15.1. The highest BCUT2D eigenvalue weighted by molar-refractivity contribution is 5.23. The SMILES string of the molecule is NC(c1ccccc1)C1(n2cccc2)CCCC1. The number of aromatic nitrogens is 1. The fourth-order valence-corrected chi connectivity index (χ4v) is 3.32. The molecule has 0 aliphatic heterocycles. The molecule has 1 aliphatic carbocycles. The molecule has 1 aromatic carbocycles. The fraction of sp³-hybridized carbons (Fsp3) is 0.375. The second kappa shape index (κ2) is 4.62. The van der Waals surface area contributed by atoms with Crippen LogP contribution in [0.3, 0.4) is 0 Å². The van der Waals surface area contributed by atoms with Crippen LogP contribution < -0.4 is 5.73 Å². The first-order valence-corrected chi connectivity index (χ1v) is 6.77. The summed E-state index contributed by atoms with van der Waals surface area (Å²) in [6.07, 6.45) is 9.23. The summed E-state index contributed by atoms with van der Waals surface area (Å²) in [4.78, 5) is 0. The lowest BCUT2D eigenvalue weighted by molar-refractivity contribution is 0.234. The summed E-state index contributed by atoms with van der Waals surface area (Å²) in [7, 11) is 0. The first-order chi connectivity index (χ1) is 8.83. The van der Waals surface area contributed by atoms with Gasteiger partial charge >= 0.3 is 0 Å². The maximum Gasteiger partial charge on any atom is 0.0631 e. The van der Waals surface area contributed by atoms with Crippen molar-refractivity contribution in [2.24, 2.45) is 5.73 Å². The van der Waals surface area contributed by atoms with E-state index in [2.05, 4.69) is 53.4 Å². The van der Waals surface area contributed by atoms with Crippen molar-refractivity contribution in [2.45, 2.75) is 37.3 Å². The predicted molar refractivity (Wildman–Crippen MR) is 74.2 cm³/mol. The van der Waals surface area contributed by atoms with Crippen LogP contribution in [0, 0.1) is 0 Å². The zero-order valence-electron chi connectivity index (χ0n) is 10.6. The lowest BCUT2D eigenvalue weighted by Crippen LogP contribution is -2.41. The van der Waals surface area contributed by atoms with Crippen LogP contribution in [0.15, 0.2) is 54.9 Å². The van der Waals surface area contributed by atoms with E-state index in [1.165, 1.54) is 31.2 Å². The molecule has 1 aromatic heterocycles. The standard InChI is InChI=1S/C16H20N2/c17-15(14-8-2-1-3-9-14)16(10-4-5-11-16)18-12-6-7-13-18/h1-3,6-9,12-13,15H,4-5,10-11,17H2. The van der Waals surface area contributed by atoms with Gasteiger partial charge in [0.15, 0.2) is 0 Å². The van der Waals surface area contributed by atoms with Crippen LogP contribution in [0.5, 0.6) is 0 Å². The van der Waals surface area contributed by atoms with Crippen LogP contribution >= 0.6 is 0 Å². The van der Waals surface area contributed by atoms with Crippen molar-refractivity contribution in [3.63, 3.8) is 0 Å². The summed E-state index contributed by atoms with van der Waals surface area (Å²) in [5.41, 5.74) is 7.92. The minimum absolute atomic E-state index is 0.0743. The Kier molecular flexibility index (Phi) is 2.96. The van der Waals surface area contributed by atoms with Crippen molar-refractivity contribution in [3.8, 4) is 0 Å². The van der Waals surface area contributed by atoms with Gasteiger partial charge in [-0.15, -0.1) is 0 Å².